The van der Waals surface area contributed by atoms with Gasteiger partial charge in [-0.25, -0.2) is 0 Å². The van der Waals surface area contributed by atoms with Crippen LogP contribution in [0.4, 0.5) is 0 Å². The average Bonchev–Trinajstić information content (AvgIpc) is 1.86. The van der Waals surface area contributed by atoms with Crippen LogP contribution in [-0.2, 0) is 10.1 Å². The number of phenols is 1. The molecule has 0 aliphatic rings. The Morgan fingerprint density at radius 2 is 1.50 bits per heavy atom. The Balaban J connectivity index is 0.00000121. The molecule has 4 nitrogen and oxygen atoms in total. The first kappa shape index (κ1) is 11.9. The molecule has 60 valence electrons. The third-order valence-electron chi connectivity index (χ3n) is 1.13. The Kier molecular flexibility index (Phi) is 4.22. The second-order valence-electron chi connectivity index (χ2n) is 1.97. The molecule has 1 aromatic rings. The SMILES string of the molecule is O=S(=O)(O)c1ccc(O)cc1.[Na+]. The van der Waals surface area contributed by atoms with Crippen molar-refractivity contribution in [1.29, 1.82) is 0 Å². The summed E-state index contributed by atoms with van der Waals surface area (Å²) in [4.78, 5) is -0.227. The smallest absolute Gasteiger partial charge is 0.508 e. The van der Waals surface area contributed by atoms with Gasteiger partial charge in [0.25, 0.3) is 10.1 Å². The maximum Gasteiger partial charge on any atom is 1.00 e. The normalized spacial score (nSPS) is 10.4. The number of benzene rings is 1. The van der Waals surface area contributed by atoms with E-state index >= 15 is 0 Å². The summed E-state index contributed by atoms with van der Waals surface area (Å²) in [5, 5.41) is 8.75. The molecule has 1 rings (SSSR count). The summed E-state index contributed by atoms with van der Waals surface area (Å²) in [6.07, 6.45) is 0. The molecule has 0 aromatic heterocycles. The zero-order chi connectivity index (χ0) is 8.48. The van der Waals surface area contributed by atoms with E-state index in [4.69, 9.17) is 9.66 Å². The van der Waals surface area contributed by atoms with Gasteiger partial charge in [0.1, 0.15) is 5.75 Å². The first-order valence-corrected chi connectivity index (χ1v) is 4.21. The van der Waals surface area contributed by atoms with Gasteiger partial charge in [-0.2, -0.15) is 8.42 Å². The maximum absolute atomic E-state index is 10.4. The largest absolute Gasteiger partial charge is 1.00 e. The summed E-state index contributed by atoms with van der Waals surface area (Å²) in [6, 6.07) is 4.60. The predicted octanol–water partition coefficient (Wildman–Crippen LogP) is -2.36. The molecule has 0 unspecified atom stereocenters. The Morgan fingerprint density at radius 3 is 1.83 bits per heavy atom. The minimum Gasteiger partial charge on any atom is -0.508 e. The molecule has 0 fully saturated rings. The van der Waals surface area contributed by atoms with E-state index in [1.54, 1.807) is 0 Å². The third-order valence-corrected chi connectivity index (χ3v) is 2.00. The van der Waals surface area contributed by atoms with Gasteiger partial charge in [0.2, 0.25) is 0 Å². The van der Waals surface area contributed by atoms with Crippen molar-refractivity contribution in [2.45, 2.75) is 4.90 Å². The van der Waals surface area contributed by atoms with E-state index in [1.165, 1.54) is 12.1 Å². The van der Waals surface area contributed by atoms with Crippen molar-refractivity contribution in [2.24, 2.45) is 0 Å². The number of rotatable bonds is 1. The summed E-state index contributed by atoms with van der Waals surface area (Å²) in [6.45, 7) is 0. The number of aromatic hydroxyl groups is 1. The zero-order valence-electron chi connectivity index (χ0n) is 6.43. The molecule has 0 bridgehead atoms. The monoisotopic (exact) mass is 197 g/mol. The van der Waals surface area contributed by atoms with Crippen molar-refractivity contribution in [2.75, 3.05) is 0 Å². The van der Waals surface area contributed by atoms with Gasteiger partial charge in [-0.15, -0.1) is 0 Å². The van der Waals surface area contributed by atoms with Gasteiger partial charge in [-0.1, -0.05) is 0 Å². The van der Waals surface area contributed by atoms with Crippen LogP contribution in [0, 0.1) is 0 Å². The van der Waals surface area contributed by atoms with Crippen molar-refractivity contribution in [1.82, 2.24) is 0 Å². The molecule has 0 aliphatic carbocycles. The van der Waals surface area contributed by atoms with Crippen LogP contribution in [0.1, 0.15) is 0 Å². The summed E-state index contributed by atoms with van der Waals surface area (Å²) in [5.74, 6) is -0.0441. The first-order valence-electron chi connectivity index (χ1n) is 2.77. The molecule has 0 spiro atoms. The Morgan fingerprint density at radius 1 is 1.08 bits per heavy atom. The van der Waals surface area contributed by atoms with E-state index in [0.717, 1.165) is 12.1 Å². The van der Waals surface area contributed by atoms with Gasteiger partial charge >= 0.3 is 29.6 Å². The molecule has 0 saturated heterocycles. The minimum absolute atomic E-state index is 0. The van der Waals surface area contributed by atoms with Crippen molar-refractivity contribution in [3.05, 3.63) is 24.3 Å². The van der Waals surface area contributed by atoms with Crippen molar-refractivity contribution >= 4 is 10.1 Å². The molecular formula is C6H6NaO4S+. The van der Waals surface area contributed by atoms with Gasteiger partial charge in [-0.05, 0) is 24.3 Å². The van der Waals surface area contributed by atoms with Crippen LogP contribution < -0.4 is 29.6 Å². The van der Waals surface area contributed by atoms with E-state index < -0.39 is 10.1 Å². The zero-order valence-corrected chi connectivity index (χ0v) is 9.25. The van der Waals surface area contributed by atoms with Crippen LogP contribution >= 0.6 is 0 Å². The van der Waals surface area contributed by atoms with Gasteiger partial charge in [0.15, 0.2) is 0 Å². The maximum atomic E-state index is 10.4. The van der Waals surface area contributed by atoms with E-state index in [2.05, 4.69) is 0 Å². The van der Waals surface area contributed by atoms with E-state index in [0.29, 0.717) is 0 Å². The fourth-order valence-corrected chi connectivity index (χ4v) is 1.10. The number of hydrogen-bond donors (Lipinski definition) is 2. The van der Waals surface area contributed by atoms with Crippen molar-refractivity contribution < 1.29 is 47.6 Å². The second kappa shape index (κ2) is 4.25. The predicted molar refractivity (Wildman–Crippen MR) is 37.9 cm³/mol. The molecule has 0 amide bonds. The molecule has 12 heavy (non-hydrogen) atoms. The van der Waals surface area contributed by atoms with E-state index in [9.17, 15) is 8.42 Å². The molecule has 2 N–H and O–H groups in total. The summed E-state index contributed by atoms with van der Waals surface area (Å²) in [7, 11) is -4.13. The number of hydrogen-bond acceptors (Lipinski definition) is 3. The summed E-state index contributed by atoms with van der Waals surface area (Å²) in [5.41, 5.74) is 0. The molecule has 0 radical (unpaired) electrons. The van der Waals surface area contributed by atoms with Crippen LogP contribution in [0.5, 0.6) is 5.75 Å². The number of phenolic OH excluding ortho intramolecular Hbond substituents is 1. The van der Waals surface area contributed by atoms with Crippen LogP contribution in [0.25, 0.3) is 0 Å². The van der Waals surface area contributed by atoms with Gasteiger partial charge < -0.3 is 5.11 Å². The standard InChI is InChI=1S/C6H6O4S.Na/c7-5-1-3-6(4-2-5)11(8,9)10;/h1-4,7H,(H,8,9,10);/q;+1. The van der Waals surface area contributed by atoms with E-state index in [1.807, 2.05) is 0 Å². The molecule has 0 aliphatic heterocycles. The summed E-state index contributed by atoms with van der Waals surface area (Å²) >= 11 is 0. The Labute approximate surface area is 92.3 Å². The fraction of sp³-hybridized carbons (Fsp3) is 0. The van der Waals surface area contributed by atoms with Crippen LogP contribution in [0.15, 0.2) is 29.2 Å². The molecule has 6 heteroatoms. The Hall–Kier alpha value is -0.0700. The van der Waals surface area contributed by atoms with E-state index in [-0.39, 0.29) is 40.2 Å². The summed E-state index contributed by atoms with van der Waals surface area (Å²) < 4.78 is 29.3. The average molecular weight is 197 g/mol. The fourth-order valence-electron chi connectivity index (χ4n) is 0.618. The van der Waals surface area contributed by atoms with Gasteiger partial charge in [-0.3, -0.25) is 4.55 Å². The van der Waals surface area contributed by atoms with Crippen LogP contribution in [0.3, 0.4) is 0 Å². The second-order valence-corrected chi connectivity index (χ2v) is 3.39. The minimum atomic E-state index is -4.13. The van der Waals surface area contributed by atoms with Crippen LogP contribution in [-0.4, -0.2) is 18.1 Å². The third kappa shape index (κ3) is 3.12. The molecule has 0 atom stereocenters. The topological polar surface area (TPSA) is 74.6 Å². The van der Waals surface area contributed by atoms with Crippen LogP contribution in [0.2, 0.25) is 0 Å². The molecule has 1 aromatic carbocycles. The van der Waals surface area contributed by atoms with Gasteiger partial charge in [0, 0.05) is 0 Å². The van der Waals surface area contributed by atoms with Gasteiger partial charge in [0.05, 0.1) is 4.90 Å². The molecule has 0 saturated carbocycles. The quantitative estimate of drug-likeness (QED) is 0.390. The Bertz CT molecular complexity index is 342. The van der Waals surface area contributed by atoms with Crippen molar-refractivity contribution in [3.63, 3.8) is 0 Å². The molecular weight excluding hydrogens is 191 g/mol. The first-order chi connectivity index (χ1) is 5.00. The molecule has 0 heterocycles. The van der Waals surface area contributed by atoms with Crippen molar-refractivity contribution in [3.8, 4) is 5.75 Å².